The number of aliphatic hydroxyl groups excluding tert-OH is 1. The summed E-state index contributed by atoms with van der Waals surface area (Å²) >= 11 is 6.57. The first-order valence-corrected chi connectivity index (χ1v) is 9.69. The molecule has 4 aromatic rings. The Labute approximate surface area is 155 Å². The minimum absolute atomic E-state index is 0.673. The molecule has 120 valence electrons. The average molecular weight is 418 g/mol. The quantitative estimate of drug-likeness (QED) is 0.485. The van der Waals surface area contributed by atoms with E-state index in [1.54, 1.807) is 17.7 Å². The molecule has 2 N–H and O–H groups in total. The molecule has 0 bridgehead atoms. The maximum atomic E-state index is 10.9. The fourth-order valence-electron chi connectivity index (χ4n) is 2.48. The molecule has 0 aliphatic carbocycles. The van der Waals surface area contributed by atoms with Crippen LogP contribution in [0.1, 0.15) is 16.5 Å². The van der Waals surface area contributed by atoms with Gasteiger partial charge in [0.25, 0.3) is 0 Å². The number of nitrogens with zero attached hydrogens (tertiary/aromatic N) is 2. The number of aliphatic hydroxyl groups is 1. The number of benzene rings is 1. The molecule has 0 fully saturated rings. The molecule has 0 saturated heterocycles. The Morgan fingerprint density at radius 3 is 2.67 bits per heavy atom. The molecule has 0 aliphatic heterocycles. The van der Waals surface area contributed by atoms with Crippen LogP contribution in [0, 0.1) is 0 Å². The van der Waals surface area contributed by atoms with Crippen LogP contribution >= 0.6 is 38.6 Å². The first kappa shape index (κ1) is 15.7. The van der Waals surface area contributed by atoms with Crippen molar-refractivity contribution in [3.8, 4) is 21.1 Å². The Bertz CT molecular complexity index is 948. The highest BCUT2D eigenvalue weighted by molar-refractivity contribution is 9.10. The normalized spacial score (nSPS) is 12.4. The number of hydrogen-bond acceptors (Lipinski definition) is 5. The van der Waals surface area contributed by atoms with E-state index in [9.17, 15) is 5.11 Å². The van der Waals surface area contributed by atoms with Gasteiger partial charge in [-0.1, -0.05) is 30.3 Å². The van der Waals surface area contributed by atoms with Gasteiger partial charge in [-0.3, -0.25) is 0 Å². The van der Waals surface area contributed by atoms with Crippen molar-refractivity contribution in [2.75, 3.05) is 0 Å². The second kappa shape index (κ2) is 6.60. The molecular formula is C17H12BrN3OS2. The molecule has 0 spiro atoms. The van der Waals surface area contributed by atoms with Gasteiger partial charge in [-0.2, -0.15) is 0 Å². The molecule has 24 heavy (non-hydrogen) atoms. The highest BCUT2D eigenvalue weighted by atomic mass is 79.9. The summed E-state index contributed by atoms with van der Waals surface area (Å²) in [6.45, 7) is 0. The summed E-state index contributed by atoms with van der Waals surface area (Å²) in [4.78, 5) is 5.93. The van der Waals surface area contributed by atoms with Gasteiger partial charge in [0.15, 0.2) is 5.82 Å². The van der Waals surface area contributed by atoms with E-state index in [2.05, 4.69) is 43.2 Å². The average Bonchev–Trinajstić information content (AvgIpc) is 3.35. The van der Waals surface area contributed by atoms with Crippen LogP contribution in [0.2, 0.25) is 0 Å². The molecule has 3 heterocycles. The van der Waals surface area contributed by atoms with Gasteiger partial charge < -0.3 is 10.1 Å². The fraction of sp³-hybridized carbons (Fsp3) is 0.0588. The Balaban J connectivity index is 1.84. The van der Waals surface area contributed by atoms with Gasteiger partial charge in [0.2, 0.25) is 0 Å². The number of H-pyrrole nitrogens is 1. The van der Waals surface area contributed by atoms with Gasteiger partial charge in [-0.25, -0.2) is 0 Å². The van der Waals surface area contributed by atoms with Crippen molar-refractivity contribution in [2.45, 2.75) is 6.10 Å². The first-order chi connectivity index (χ1) is 11.7. The summed E-state index contributed by atoms with van der Waals surface area (Å²) < 4.78 is 0.973. The Kier molecular flexibility index (Phi) is 4.32. The van der Waals surface area contributed by atoms with Gasteiger partial charge in [-0.15, -0.1) is 32.9 Å². The lowest BCUT2D eigenvalue weighted by atomic mass is 10.1. The summed E-state index contributed by atoms with van der Waals surface area (Å²) in [6, 6.07) is 14.1. The molecule has 1 aromatic carbocycles. The van der Waals surface area contributed by atoms with E-state index in [0.717, 1.165) is 30.2 Å². The van der Waals surface area contributed by atoms with E-state index in [1.165, 1.54) is 11.3 Å². The second-order valence-electron chi connectivity index (χ2n) is 5.17. The monoisotopic (exact) mass is 417 g/mol. The molecule has 0 aliphatic rings. The van der Waals surface area contributed by atoms with Crippen molar-refractivity contribution in [3.63, 3.8) is 0 Å². The Hall–Kier alpha value is -1.80. The predicted molar refractivity (Wildman–Crippen MR) is 101 cm³/mol. The molecule has 4 rings (SSSR count). The number of halogens is 1. The van der Waals surface area contributed by atoms with E-state index in [1.807, 2.05) is 35.7 Å². The van der Waals surface area contributed by atoms with Crippen molar-refractivity contribution >= 4 is 38.6 Å². The van der Waals surface area contributed by atoms with Crippen LogP contribution in [0.4, 0.5) is 0 Å². The third kappa shape index (κ3) is 2.95. The topological polar surface area (TPSA) is 61.8 Å². The van der Waals surface area contributed by atoms with Crippen molar-refractivity contribution in [1.29, 1.82) is 0 Å². The lowest BCUT2D eigenvalue weighted by Crippen LogP contribution is -1.97. The number of nitrogens with one attached hydrogen (secondary N) is 1. The molecule has 0 radical (unpaired) electrons. The summed E-state index contributed by atoms with van der Waals surface area (Å²) in [6.07, 6.45) is 0.852. The molecule has 3 aromatic heterocycles. The van der Waals surface area contributed by atoms with Crippen molar-refractivity contribution in [1.82, 2.24) is 15.2 Å². The second-order valence-corrected chi connectivity index (χ2v) is 8.08. The summed E-state index contributed by atoms with van der Waals surface area (Å²) in [7, 11) is 0. The van der Waals surface area contributed by atoms with E-state index < -0.39 is 6.10 Å². The van der Waals surface area contributed by atoms with Crippen molar-refractivity contribution in [2.24, 2.45) is 0 Å². The highest BCUT2D eigenvalue weighted by Crippen LogP contribution is 2.42. The zero-order valence-corrected chi connectivity index (χ0v) is 15.5. The smallest absolute Gasteiger partial charge is 0.171 e. The van der Waals surface area contributed by atoms with E-state index in [0.29, 0.717) is 5.82 Å². The molecule has 0 amide bonds. The Morgan fingerprint density at radius 1 is 1.17 bits per heavy atom. The third-order valence-electron chi connectivity index (χ3n) is 3.60. The van der Waals surface area contributed by atoms with Gasteiger partial charge in [0, 0.05) is 25.2 Å². The van der Waals surface area contributed by atoms with Crippen LogP contribution < -0.4 is 0 Å². The zero-order chi connectivity index (χ0) is 16.5. The van der Waals surface area contributed by atoms with Gasteiger partial charge in [-0.05, 0) is 33.6 Å². The third-order valence-corrected chi connectivity index (χ3v) is 6.56. The van der Waals surface area contributed by atoms with Gasteiger partial charge >= 0.3 is 0 Å². The first-order valence-electron chi connectivity index (χ1n) is 7.20. The van der Waals surface area contributed by atoms with Crippen LogP contribution in [0.15, 0.2) is 58.6 Å². The standard InChI is InChI=1S/C17H12BrN3OS2/c18-11-6-14(23-8-11)15(22)12-7-13(10-4-2-1-3-5-10)24-16(12)17-19-9-20-21-17/h1-9,15,22H,(H,19,20,21). The molecule has 1 atom stereocenters. The minimum Gasteiger partial charge on any atom is -0.383 e. The predicted octanol–water partition coefficient (Wildman–Crippen LogP) is 5.11. The molecule has 4 nitrogen and oxygen atoms in total. The summed E-state index contributed by atoms with van der Waals surface area (Å²) in [5.74, 6) is 0.673. The summed E-state index contributed by atoms with van der Waals surface area (Å²) in [5, 5.41) is 20.8. The number of rotatable bonds is 4. The number of hydrogen-bond donors (Lipinski definition) is 2. The Morgan fingerprint density at radius 2 is 2.00 bits per heavy atom. The van der Waals surface area contributed by atoms with Crippen molar-refractivity contribution < 1.29 is 5.11 Å². The summed E-state index contributed by atoms with van der Waals surface area (Å²) in [5.41, 5.74) is 1.96. The van der Waals surface area contributed by atoms with Crippen LogP contribution in [0.3, 0.4) is 0 Å². The fourth-order valence-corrected chi connectivity index (χ4v) is 5.07. The minimum atomic E-state index is -0.699. The van der Waals surface area contributed by atoms with Gasteiger partial charge in [0.05, 0.1) is 4.88 Å². The van der Waals surface area contributed by atoms with Crippen LogP contribution in [0.5, 0.6) is 0 Å². The SMILES string of the molecule is OC(c1cc(Br)cs1)c1cc(-c2ccccc2)sc1-c1nnc[nH]1. The molecular weight excluding hydrogens is 406 g/mol. The lowest BCUT2D eigenvalue weighted by Gasteiger charge is -2.08. The van der Waals surface area contributed by atoms with E-state index in [4.69, 9.17) is 0 Å². The zero-order valence-electron chi connectivity index (χ0n) is 12.3. The largest absolute Gasteiger partial charge is 0.383 e. The number of aromatic nitrogens is 3. The van der Waals surface area contributed by atoms with Crippen LogP contribution in [0.25, 0.3) is 21.1 Å². The number of aromatic amines is 1. The van der Waals surface area contributed by atoms with E-state index >= 15 is 0 Å². The lowest BCUT2D eigenvalue weighted by molar-refractivity contribution is 0.225. The van der Waals surface area contributed by atoms with Crippen LogP contribution in [-0.4, -0.2) is 20.3 Å². The highest BCUT2D eigenvalue weighted by Gasteiger charge is 2.22. The van der Waals surface area contributed by atoms with Gasteiger partial charge in [0.1, 0.15) is 12.4 Å². The molecule has 1 unspecified atom stereocenters. The molecule has 7 heteroatoms. The maximum absolute atomic E-state index is 10.9. The van der Waals surface area contributed by atoms with E-state index in [-0.39, 0.29) is 0 Å². The van der Waals surface area contributed by atoms with Crippen molar-refractivity contribution in [3.05, 3.63) is 69.1 Å². The number of thiophene rings is 2. The maximum Gasteiger partial charge on any atom is 0.171 e. The molecule has 0 saturated carbocycles. The van der Waals surface area contributed by atoms with Crippen LogP contribution in [-0.2, 0) is 0 Å².